The standard InChI is InChI=1S/C12H15ClN2O5S/c1-2-20-12(17)6-5-11(16)15-10-7-8(21(14,18)19)3-4-9(10)13/h3-4,7H,2,5-6H2,1H3,(H,15,16)(H2,14,18,19). The minimum Gasteiger partial charge on any atom is -0.466 e. The SMILES string of the molecule is CCOC(=O)CCC(=O)Nc1cc(S(N)(=O)=O)ccc1Cl. The highest BCUT2D eigenvalue weighted by Crippen LogP contribution is 2.25. The van der Waals surface area contributed by atoms with Crippen molar-refractivity contribution < 1.29 is 22.7 Å². The van der Waals surface area contributed by atoms with Gasteiger partial charge in [0, 0.05) is 6.42 Å². The molecule has 0 radical (unpaired) electrons. The van der Waals surface area contributed by atoms with Crippen molar-refractivity contribution in [3.05, 3.63) is 23.2 Å². The zero-order valence-corrected chi connectivity index (χ0v) is 12.8. The Labute approximate surface area is 127 Å². The number of amides is 1. The van der Waals surface area contributed by atoms with Crippen molar-refractivity contribution in [1.29, 1.82) is 0 Å². The van der Waals surface area contributed by atoms with Gasteiger partial charge in [-0.05, 0) is 25.1 Å². The lowest BCUT2D eigenvalue weighted by Gasteiger charge is -2.08. The van der Waals surface area contributed by atoms with Gasteiger partial charge in [-0.15, -0.1) is 0 Å². The number of hydrogen-bond acceptors (Lipinski definition) is 5. The third-order valence-electron chi connectivity index (χ3n) is 2.40. The summed E-state index contributed by atoms with van der Waals surface area (Å²) in [6, 6.07) is 3.69. The van der Waals surface area contributed by atoms with Gasteiger partial charge in [-0.3, -0.25) is 9.59 Å². The van der Waals surface area contributed by atoms with Gasteiger partial charge >= 0.3 is 5.97 Å². The maximum absolute atomic E-state index is 11.7. The highest BCUT2D eigenvalue weighted by molar-refractivity contribution is 7.89. The molecule has 3 N–H and O–H groups in total. The van der Waals surface area contributed by atoms with E-state index in [1.165, 1.54) is 12.1 Å². The lowest BCUT2D eigenvalue weighted by Crippen LogP contribution is -2.16. The maximum atomic E-state index is 11.7. The third-order valence-corrected chi connectivity index (χ3v) is 3.64. The van der Waals surface area contributed by atoms with Crippen LogP contribution in [-0.2, 0) is 24.3 Å². The normalized spacial score (nSPS) is 11.0. The van der Waals surface area contributed by atoms with Gasteiger partial charge in [0.1, 0.15) is 0 Å². The molecule has 1 rings (SSSR count). The molecular formula is C12H15ClN2O5S. The maximum Gasteiger partial charge on any atom is 0.306 e. The molecule has 21 heavy (non-hydrogen) atoms. The number of sulfonamides is 1. The molecule has 0 bridgehead atoms. The van der Waals surface area contributed by atoms with Crippen LogP contribution in [0.25, 0.3) is 0 Å². The summed E-state index contributed by atoms with van der Waals surface area (Å²) >= 11 is 5.86. The smallest absolute Gasteiger partial charge is 0.306 e. The number of anilines is 1. The number of primary sulfonamides is 1. The third kappa shape index (κ3) is 5.70. The molecule has 1 amide bonds. The molecule has 9 heteroatoms. The first-order valence-corrected chi connectivity index (χ1v) is 7.94. The molecule has 7 nitrogen and oxygen atoms in total. The fourth-order valence-corrected chi connectivity index (χ4v) is 2.14. The molecule has 0 aliphatic carbocycles. The molecule has 0 saturated heterocycles. The van der Waals surface area contributed by atoms with Crippen LogP contribution in [0, 0.1) is 0 Å². The number of benzene rings is 1. The Hall–Kier alpha value is -1.64. The molecule has 1 aromatic rings. The monoisotopic (exact) mass is 334 g/mol. The van der Waals surface area contributed by atoms with E-state index in [9.17, 15) is 18.0 Å². The predicted octanol–water partition coefficient (Wildman–Crippen LogP) is 1.27. The number of hydrogen-bond donors (Lipinski definition) is 2. The fourth-order valence-electron chi connectivity index (χ4n) is 1.44. The summed E-state index contributed by atoms with van der Waals surface area (Å²) in [6.07, 6.45) is -0.180. The van der Waals surface area contributed by atoms with E-state index in [0.717, 1.165) is 6.07 Å². The second kappa shape index (κ2) is 7.39. The van der Waals surface area contributed by atoms with Crippen molar-refractivity contribution in [2.75, 3.05) is 11.9 Å². The molecule has 0 saturated carbocycles. The van der Waals surface area contributed by atoms with E-state index in [2.05, 4.69) is 10.1 Å². The Morgan fingerprint density at radius 3 is 2.57 bits per heavy atom. The number of ether oxygens (including phenoxy) is 1. The summed E-state index contributed by atoms with van der Waals surface area (Å²) in [6.45, 7) is 1.90. The van der Waals surface area contributed by atoms with Crippen LogP contribution < -0.4 is 10.5 Å². The number of carbonyl (C=O) groups is 2. The lowest BCUT2D eigenvalue weighted by atomic mass is 10.2. The van der Waals surface area contributed by atoms with Gasteiger partial charge in [-0.1, -0.05) is 11.6 Å². The first kappa shape index (κ1) is 17.4. The van der Waals surface area contributed by atoms with Crippen molar-refractivity contribution in [3.63, 3.8) is 0 Å². The van der Waals surface area contributed by atoms with E-state index >= 15 is 0 Å². The van der Waals surface area contributed by atoms with Gasteiger partial charge in [0.05, 0.1) is 28.6 Å². The zero-order chi connectivity index (χ0) is 16.0. The molecule has 0 fully saturated rings. The number of halogens is 1. The average molecular weight is 335 g/mol. The molecular weight excluding hydrogens is 320 g/mol. The first-order valence-electron chi connectivity index (χ1n) is 6.02. The van der Waals surface area contributed by atoms with E-state index in [-0.39, 0.29) is 35.1 Å². The summed E-state index contributed by atoms with van der Waals surface area (Å²) in [7, 11) is -3.89. The first-order chi connectivity index (χ1) is 9.74. The second-order valence-electron chi connectivity index (χ2n) is 4.04. The van der Waals surface area contributed by atoms with Crippen LogP contribution in [0.3, 0.4) is 0 Å². The number of esters is 1. The molecule has 1 aromatic carbocycles. The quantitative estimate of drug-likeness (QED) is 0.760. The summed E-state index contributed by atoms with van der Waals surface area (Å²) in [5, 5.41) is 7.57. The van der Waals surface area contributed by atoms with E-state index in [1.807, 2.05) is 0 Å². The molecule has 0 spiro atoms. The van der Waals surface area contributed by atoms with Crippen LogP contribution in [0.15, 0.2) is 23.1 Å². The number of rotatable bonds is 6. The molecule has 0 aliphatic heterocycles. The molecule has 0 atom stereocenters. The van der Waals surface area contributed by atoms with Crippen LogP contribution in [0.1, 0.15) is 19.8 Å². The van der Waals surface area contributed by atoms with Crippen molar-refractivity contribution in [2.45, 2.75) is 24.7 Å². The summed E-state index contributed by atoms with van der Waals surface area (Å²) in [5.74, 6) is -0.978. The van der Waals surface area contributed by atoms with Crippen molar-refractivity contribution >= 4 is 39.2 Å². The van der Waals surface area contributed by atoms with Crippen molar-refractivity contribution in [3.8, 4) is 0 Å². The number of nitrogens with one attached hydrogen (secondary N) is 1. The summed E-state index contributed by atoms with van der Waals surface area (Å²) in [5.41, 5.74) is 0.108. The van der Waals surface area contributed by atoms with E-state index in [0.29, 0.717) is 0 Å². The number of nitrogens with two attached hydrogens (primary N) is 1. The minimum absolute atomic E-state index is 0.0772. The Morgan fingerprint density at radius 1 is 1.33 bits per heavy atom. The van der Waals surface area contributed by atoms with Crippen LogP contribution in [0.2, 0.25) is 5.02 Å². The Kier molecular flexibility index (Phi) is 6.13. The van der Waals surface area contributed by atoms with Gasteiger partial charge in [-0.2, -0.15) is 0 Å². The van der Waals surface area contributed by atoms with Gasteiger partial charge in [-0.25, -0.2) is 13.6 Å². The zero-order valence-electron chi connectivity index (χ0n) is 11.3. The Bertz CT molecular complexity index is 645. The summed E-state index contributed by atoms with van der Waals surface area (Å²) in [4.78, 5) is 22.6. The molecule has 0 heterocycles. The van der Waals surface area contributed by atoms with E-state index in [4.69, 9.17) is 16.7 Å². The Balaban J connectivity index is 2.74. The number of carbonyl (C=O) groups excluding carboxylic acids is 2. The van der Waals surface area contributed by atoms with Crippen LogP contribution in [-0.4, -0.2) is 26.9 Å². The molecule has 0 aromatic heterocycles. The Morgan fingerprint density at radius 2 is 2.00 bits per heavy atom. The minimum atomic E-state index is -3.89. The van der Waals surface area contributed by atoms with Gasteiger partial charge in [0.15, 0.2) is 0 Å². The average Bonchev–Trinajstić information content (AvgIpc) is 2.38. The van der Waals surface area contributed by atoms with Crippen LogP contribution >= 0.6 is 11.6 Å². The molecule has 116 valence electrons. The topological polar surface area (TPSA) is 116 Å². The highest BCUT2D eigenvalue weighted by atomic mass is 35.5. The van der Waals surface area contributed by atoms with Gasteiger partial charge in [0.2, 0.25) is 15.9 Å². The fraction of sp³-hybridized carbons (Fsp3) is 0.333. The highest BCUT2D eigenvalue weighted by Gasteiger charge is 2.13. The second-order valence-corrected chi connectivity index (χ2v) is 6.01. The summed E-state index contributed by atoms with van der Waals surface area (Å²) < 4.78 is 27.1. The molecule has 0 unspecified atom stereocenters. The predicted molar refractivity (Wildman–Crippen MR) is 77.3 cm³/mol. The van der Waals surface area contributed by atoms with Crippen LogP contribution in [0.4, 0.5) is 5.69 Å². The molecule has 0 aliphatic rings. The van der Waals surface area contributed by atoms with Crippen LogP contribution in [0.5, 0.6) is 0 Å². The largest absolute Gasteiger partial charge is 0.466 e. The lowest BCUT2D eigenvalue weighted by molar-refractivity contribution is -0.144. The van der Waals surface area contributed by atoms with Crippen molar-refractivity contribution in [1.82, 2.24) is 0 Å². The van der Waals surface area contributed by atoms with E-state index in [1.54, 1.807) is 6.92 Å². The van der Waals surface area contributed by atoms with Gasteiger partial charge in [0.25, 0.3) is 0 Å². The van der Waals surface area contributed by atoms with E-state index < -0.39 is 21.9 Å². The van der Waals surface area contributed by atoms with Gasteiger partial charge < -0.3 is 10.1 Å². The van der Waals surface area contributed by atoms with Crippen molar-refractivity contribution in [2.24, 2.45) is 5.14 Å².